The molecule has 2 N–H and O–H groups in total. The Morgan fingerprint density at radius 1 is 1.06 bits per heavy atom. The number of unbranched alkanes of at least 4 members (excludes halogenated alkanes) is 2. The molecular weight excluding hydrogens is 488 g/mol. The van der Waals surface area contributed by atoms with E-state index in [1.807, 2.05) is 37.3 Å². The van der Waals surface area contributed by atoms with Gasteiger partial charge in [0.25, 0.3) is 17.5 Å². The van der Waals surface area contributed by atoms with Crippen LogP contribution in [0.5, 0.6) is 0 Å². The van der Waals surface area contributed by atoms with E-state index in [0.717, 1.165) is 11.1 Å². The average Bonchev–Trinajstić information content (AvgIpc) is 3.11. The van der Waals surface area contributed by atoms with Gasteiger partial charge in [0, 0.05) is 30.7 Å². The summed E-state index contributed by atoms with van der Waals surface area (Å²) in [7, 11) is 0. The Labute approximate surface area is 212 Å². The third-order valence-corrected chi connectivity index (χ3v) is 6.57. The van der Waals surface area contributed by atoms with E-state index in [1.165, 1.54) is 36.0 Å². The van der Waals surface area contributed by atoms with E-state index in [1.54, 1.807) is 4.90 Å². The number of amides is 3. The minimum atomic E-state index is -0.568. The number of hydrogen-bond acceptors (Lipinski definition) is 7. The fourth-order valence-electron chi connectivity index (χ4n) is 3.23. The second-order valence-corrected chi connectivity index (χ2v) is 9.54. The van der Waals surface area contributed by atoms with Crippen molar-refractivity contribution in [1.82, 2.24) is 15.8 Å². The normalized spacial score (nSPS) is 14.3. The lowest BCUT2D eigenvalue weighted by Crippen LogP contribution is -2.41. The number of benzene rings is 2. The summed E-state index contributed by atoms with van der Waals surface area (Å²) in [5.74, 6) is -1.03. The summed E-state index contributed by atoms with van der Waals surface area (Å²) in [4.78, 5) is 49.0. The lowest BCUT2D eigenvalue weighted by molar-refractivity contribution is -0.384. The Kier molecular flexibility index (Phi) is 9.10. The summed E-state index contributed by atoms with van der Waals surface area (Å²) in [5, 5.41) is 10.7. The van der Waals surface area contributed by atoms with Crippen molar-refractivity contribution in [3.8, 4) is 0 Å². The van der Waals surface area contributed by atoms with Crippen molar-refractivity contribution in [3.63, 3.8) is 0 Å². The molecule has 35 heavy (non-hydrogen) atoms. The van der Waals surface area contributed by atoms with E-state index in [2.05, 4.69) is 10.9 Å². The fourth-order valence-corrected chi connectivity index (χ4v) is 4.54. The fraction of sp³-hybridized carbons (Fsp3) is 0.250. The molecule has 11 heteroatoms. The van der Waals surface area contributed by atoms with Gasteiger partial charge >= 0.3 is 0 Å². The smallest absolute Gasteiger partial charge is 0.269 e. The van der Waals surface area contributed by atoms with Crippen molar-refractivity contribution < 1.29 is 19.3 Å². The number of carbonyl (C=O) groups is 3. The molecule has 1 aliphatic heterocycles. The van der Waals surface area contributed by atoms with E-state index in [-0.39, 0.29) is 29.5 Å². The van der Waals surface area contributed by atoms with Gasteiger partial charge < -0.3 is 0 Å². The van der Waals surface area contributed by atoms with Gasteiger partial charge in [0.1, 0.15) is 4.32 Å². The molecule has 1 aliphatic rings. The quantitative estimate of drug-likeness (QED) is 0.170. The van der Waals surface area contributed by atoms with Gasteiger partial charge in [-0.25, -0.2) is 0 Å². The summed E-state index contributed by atoms with van der Waals surface area (Å²) in [5.41, 5.74) is 6.77. The third-order valence-electron chi connectivity index (χ3n) is 5.19. The molecular formula is C24H24N4O5S2. The van der Waals surface area contributed by atoms with Crippen molar-refractivity contribution in [1.29, 1.82) is 0 Å². The molecule has 0 aliphatic carbocycles. The molecule has 1 heterocycles. The van der Waals surface area contributed by atoms with Gasteiger partial charge in [0.05, 0.1) is 9.83 Å². The molecule has 182 valence electrons. The second kappa shape index (κ2) is 12.2. The summed E-state index contributed by atoms with van der Waals surface area (Å²) >= 11 is 6.65. The Morgan fingerprint density at radius 2 is 1.74 bits per heavy atom. The zero-order valence-electron chi connectivity index (χ0n) is 19.0. The standard InChI is InChI=1S/C24H24N4O5S2/c1-16-6-8-17(9-7-16)15-20-23(31)27(24(34)35-20)14-4-2-3-5-21(29)25-26-22(30)18-10-12-19(13-11-18)28(32)33/h6-13,15H,2-5,14H2,1H3,(H,25,29)(H,26,30). The zero-order chi connectivity index (χ0) is 25.4. The van der Waals surface area contributed by atoms with Gasteiger partial charge in [-0.15, -0.1) is 0 Å². The zero-order valence-corrected chi connectivity index (χ0v) is 20.6. The van der Waals surface area contributed by atoms with Crippen LogP contribution in [0.4, 0.5) is 5.69 Å². The maximum absolute atomic E-state index is 12.7. The minimum absolute atomic E-state index is 0.104. The maximum Gasteiger partial charge on any atom is 0.269 e. The molecule has 0 saturated carbocycles. The first-order valence-electron chi connectivity index (χ1n) is 10.9. The molecule has 9 nitrogen and oxygen atoms in total. The molecule has 3 rings (SSSR count). The number of hydrogen-bond donors (Lipinski definition) is 2. The van der Waals surface area contributed by atoms with Crippen molar-refractivity contribution in [2.75, 3.05) is 6.54 Å². The minimum Gasteiger partial charge on any atom is -0.293 e. The molecule has 1 saturated heterocycles. The monoisotopic (exact) mass is 512 g/mol. The summed E-state index contributed by atoms with van der Waals surface area (Å²) in [6, 6.07) is 12.9. The highest BCUT2D eigenvalue weighted by molar-refractivity contribution is 8.26. The van der Waals surface area contributed by atoms with Crippen molar-refractivity contribution in [2.45, 2.75) is 32.6 Å². The highest BCUT2D eigenvalue weighted by Gasteiger charge is 2.31. The molecule has 2 aromatic rings. The van der Waals surface area contributed by atoms with Gasteiger partial charge in [0.15, 0.2) is 0 Å². The van der Waals surface area contributed by atoms with Crippen LogP contribution >= 0.6 is 24.0 Å². The van der Waals surface area contributed by atoms with E-state index >= 15 is 0 Å². The number of aryl methyl sites for hydroxylation is 1. The number of nitro groups is 1. The molecule has 0 aromatic heterocycles. The van der Waals surface area contributed by atoms with Crippen LogP contribution < -0.4 is 10.9 Å². The third kappa shape index (κ3) is 7.46. The molecule has 0 atom stereocenters. The highest BCUT2D eigenvalue weighted by atomic mass is 32.2. The number of nitrogens with zero attached hydrogens (tertiary/aromatic N) is 2. The van der Waals surface area contributed by atoms with Crippen LogP contribution in [0.2, 0.25) is 0 Å². The average molecular weight is 513 g/mol. The first kappa shape index (κ1) is 26.0. The molecule has 0 unspecified atom stereocenters. The number of nitrogens with one attached hydrogen (secondary N) is 2. The topological polar surface area (TPSA) is 122 Å². The van der Waals surface area contributed by atoms with Gasteiger partial charge in [-0.1, -0.05) is 60.2 Å². The SMILES string of the molecule is Cc1ccc(C=C2SC(=S)N(CCCCCC(=O)NNC(=O)c3ccc([N+](=O)[O-])cc3)C2=O)cc1. The van der Waals surface area contributed by atoms with Crippen LogP contribution in [-0.4, -0.2) is 38.4 Å². The van der Waals surface area contributed by atoms with Crippen LogP contribution in [0.1, 0.15) is 47.2 Å². The Balaban J connectivity index is 1.35. The number of carbonyl (C=O) groups excluding carboxylic acids is 3. The summed E-state index contributed by atoms with van der Waals surface area (Å²) in [6.45, 7) is 2.49. The Morgan fingerprint density at radius 3 is 2.40 bits per heavy atom. The van der Waals surface area contributed by atoms with Crippen LogP contribution in [0.25, 0.3) is 6.08 Å². The van der Waals surface area contributed by atoms with E-state index in [9.17, 15) is 24.5 Å². The number of hydrazine groups is 1. The number of thiocarbonyl (C=S) groups is 1. The van der Waals surface area contributed by atoms with Crippen molar-refractivity contribution in [2.24, 2.45) is 0 Å². The predicted octanol–water partition coefficient (Wildman–Crippen LogP) is 4.13. The summed E-state index contributed by atoms with van der Waals surface area (Å²) in [6.07, 6.45) is 4.01. The Bertz CT molecular complexity index is 1160. The number of nitro benzene ring substituents is 1. The molecule has 3 amide bonds. The van der Waals surface area contributed by atoms with Gasteiger partial charge in [0.2, 0.25) is 5.91 Å². The first-order valence-corrected chi connectivity index (χ1v) is 12.1. The molecule has 1 fully saturated rings. The van der Waals surface area contributed by atoms with E-state index < -0.39 is 10.8 Å². The van der Waals surface area contributed by atoms with Crippen LogP contribution in [0.3, 0.4) is 0 Å². The number of thioether (sulfide) groups is 1. The lowest BCUT2D eigenvalue weighted by atomic mass is 10.1. The largest absolute Gasteiger partial charge is 0.293 e. The molecule has 0 spiro atoms. The van der Waals surface area contributed by atoms with E-state index in [4.69, 9.17) is 12.2 Å². The van der Waals surface area contributed by atoms with Crippen LogP contribution in [0, 0.1) is 17.0 Å². The second-order valence-electron chi connectivity index (χ2n) is 7.86. The maximum atomic E-state index is 12.7. The molecule has 0 bridgehead atoms. The number of non-ortho nitro benzene ring substituents is 1. The molecule has 0 radical (unpaired) electrons. The van der Waals surface area contributed by atoms with Gasteiger partial charge in [-0.2, -0.15) is 0 Å². The lowest BCUT2D eigenvalue weighted by Gasteiger charge is -2.14. The number of rotatable bonds is 9. The first-order chi connectivity index (χ1) is 16.7. The highest BCUT2D eigenvalue weighted by Crippen LogP contribution is 2.32. The van der Waals surface area contributed by atoms with Crippen molar-refractivity contribution >= 4 is 57.8 Å². The predicted molar refractivity (Wildman–Crippen MR) is 138 cm³/mol. The Hall–Kier alpha value is -3.57. The van der Waals surface area contributed by atoms with Crippen molar-refractivity contribution in [3.05, 3.63) is 80.2 Å². The molecule has 2 aromatic carbocycles. The van der Waals surface area contributed by atoms with Crippen LogP contribution in [0.15, 0.2) is 53.4 Å². The van der Waals surface area contributed by atoms with Gasteiger partial charge in [-0.3, -0.25) is 40.2 Å². The van der Waals surface area contributed by atoms with E-state index in [0.29, 0.717) is 35.0 Å². The van der Waals surface area contributed by atoms with Gasteiger partial charge in [-0.05, 0) is 43.5 Å². The van der Waals surface area contributed by atoms with Crippen LogP contribution in [-0.2, 0) is 9.59 Å². The summed E-state index contributed by atoms with van der Waals surface area (Å²) < 4.78 is 0.528.